The largest absolute Gasteiger partial charge is 0.455 e. The molecule has 2 fully saturated rings. The number of amides is 2. The summed E-state index contributed by atoms with van der Waals surface area (Å²) >= 11 is 0. The molecule has 3 aliphatic rings. The van der Waals surface area contributed by atoms with Crippen LogP contribution in [0.4, 0.5) is 29.5 Å². The lowest BCUT2D eigenvalue weighted by molar-refractivity contribution is -0.137. The minimum absolute atomic E-state index is 0.0117. The number of ether oxygens (including phenoxy) is 3. The number of halogens is 3. The number of alkyl halides is 3. The zero-order chi connectivity index (χ0) is 25.4. The Labute approximate surface area is 205 Å². The molecule has 0 unspecified atom stereocenters. The van der Waals surface area contributed by atoms with Crippen molar-refractivity contribution in [2.45, 2.75) is 38.3 Å². The Morgan fingerprint density at radius 2 is 1.89 bits per heavy atom. The number of nitrogens with two attached hydrogens (primary N) is 1. The monoisotopic (exact) mass is 508 g/mol. The van der Waals surface area contributed by atoms with Crippen LogP contribution >= 0.6 is 0 Å². The summed E-state index contributed by atoms with van der Waals surface area (Å²) in [4.78, 5) is 25.5. The molecule has 2 aromatic rings. The minimum Gasteiger partial charge on any atom is -0.455 e. The van der Waals surface area contributed by atoms with Gasteiger partial charge < -0.3 is 35.1 Å². The molecular formula is C23H27F3N6O4. The molecule has 0 saturated carbocycles. The highest BCUT2D eigenvalue weighted by Gasteiger charge is 2.34. The second-order valence-corrected chi connectivity index (χ2v) is 9.05. The van der Waals surface area contributed by atoms with Crippen LogP contribution in [0.25, 0.3) is 0 Å². The smallest absolute Gasteiger partial charge is 0.416 e. The van der Waals surface area contributed by atoms with Gasteiger partial charge in [-0.2, -0.15) is 23.1 Å². The molecule has 1 aromatic heterocycles. The van der Waals surface area contributed by atoms with Gasteiger partial charge in [0.1, 0.15) is 11.9 Å². The Bertz CT molecular complexity index is 1140. The molecule has 36 heavy (non-hydrogen) atoms. The predicted molar refractivity (Wildman–Crippen MR) is 122 cm³/mol. The van der Waals surface area contributed by atoms with Crippen LogP contribution in [0.15, 0.2) is 18.2 Å². The third-order valence-corrected chi connectivity index (χ3v) is 6.35. The van der Waals surface area contributed by atoms with Gasteiger partial charge in [0.15, 0.2) is 0 Å². The van der Waals surface area contributed by atoms with E-state index in [-0.39, 0.29) is 36.9 Å². The molecule has 0 spiro atoms. The van der Waals surface area contributed by atoms with E-state index in [1.165, 1.54) is 6.07 Å². The van der Waals surface area contributed by atoms with Crippen molar-refractivity contribution in [2.24, 2.45) is 0 Å². The van der Waals surface area contributed by atoms with E-state index in [2.05, 4.69) is 15.3 Å². The SMILES string of the molecule is C[C@@H](Nc1nc(OC2COC2)nc2c1CN(C(=O)N1CCOCC1)C2)c1cc(N)cc(C(F)(F)F)c1. The first-order chi connectivity index (χ1) is 17.2. The number of nitrogen functional groups attached to an aromatic ring is 1. The number of hydrogen-bond acceptors (Lipinski definition) is 8. The first-order valence-corrected chi connectivity index (χ1v) is 11.7. The Balaban J connectivity index is 1.41. The molecule has 5 rings (SSSR count). The van der Waals surface area contributed by atoms with Crippen molar-refractivity contribution in [1.29, 1.82) is 0 Å². The molecule has 2 saturated heterocycles. The van der Waals surface area contributed by atoms with Crippen molar-refractivity contribution in [3.05, 3.63) is 40.6 Å². The standard InChI is InChI=1S/C23H27F3N6O4/c1-13(14-6-15(23(24,25)26)8-16(27)7-14)28-20-18-9-32(22(33)31-2-4-34-5-3-31)10-19(18)29-21(30-20)36-17-11-35-12-17/h6-8,13,17H,2-5,9-12,27H2,1H3,(H,28,29,30)/t13-/m1/s1. The Kier molecular flexibility index (Phi) is 6.51. The number of anilines is 2. The number of nitrogens with one attached hydrogen (secondary N) is 1. The van der Waals surface area contributed by atoms with Crippen molar-refractivity contribution in [1.82, 2.24) is 19.8 Å². The van der Waals surface area contributed by atoms with Crippen LogP contribution < -0.4 is 15.8 Å². The number of aromatic nitrogens is 2. The first-order valence-electron chi connectivity index (χ1n) is 11.7. The third-order valence-electron chi connectivity index (χ3n) is 6.35. The number of fused-ring (bicyclic) bond motifs is 1. The van der Waals surface area contributed by atoms with E-state index in [1.54, 1.807) is 16.7 Å². The summed E-state index contributed by atoms with van der Waals surface area (Å²) in [6, 6.07) is 2.88. The van der Waals surface area contributed by atoms with Gasteiger partial charge in [0.2, 0.25) is 0 Å². The molecule has 1 atom stereocenters. The summed E-state index contributed by atoms with van der Waals surface area (Å²) in [5.41, 5.74) is 6.62. The maximum absolute atomic E-state index is 13.3. The molecule has 1 aromatic carbocycles. The summed E-state index contributed by atoms with van der Waals surface area (Å²) in [6.07, 6.45) is -4.70. The fourth-order valence-corrected chi connectivity index (χ4v) is 4.30. The van der Waals surface area contributed by atoms with Gasteiger partial charge in [-0.05, 0) is 30.7 Å². The predicted octanol–water partition coefficient (Wildman–Crippen LogP) is 2.80. The van der Waals surface area contributed by atoms with Gasteiger partial charge >= 0.3 is 18.2 Å². The average Bonchev–Trinajstić information content (AvgIpc) is 3.25. The van der Waals surface area contributed by atoms with E-state index in [4.69, 9.17) is 19.9 Å². The first kappa shape index (κ1) is 24.4. The maximum Gasteiger partial charge on any atom is 0.416 e. The molecule has 3 N–H and O–H groups in total. The van der Waals surface area contributed by atoms with Gasteiger partial charge in [-0.25, -0.2) is 4.79 Å². The number of urea groups is 1. The lowest BCUT2D eigenvalue weighted by atomic mass is 10.0. The molecule has 3 aliphatic heterocycles. The van der Waals surface area contributed by atoms with Crippen molar-refractivity contribution in [3.8, 4) is 6.01 Å². The second kappa shape index (κ2) is 9.62. The van der Waals surface area contributed by atoms with Crippen LogP contribution in [-0.2, 0) is 28.7 Å². The van der Waals surface area contributed by atoms with E-state index >= 15 is 0 Å². The molecule has 13 heteroatoms. The third kappa shape index (κ3) is 5.12. The van der Waals surface area contributed by atoms with Crippen molar-refractivity contribution < 1.29 is 32.2 Å². The topological polar surface area (TPSA) is 115 Å². The zero-order valence-electron chi connectivity index (χ0n) is 19.7. The molecular weight excluding hydrogens is 481 g/mol. The van der Waals surface area contributed by atoms with E-state index < -0.39 is 17.8 Å². The summed E-state index contributed by atoms with van der Waals surface area (Å²) in [5.74, 6) is 0.399. The lowest BCUT2D eigenvalue weighted by Crippen LogP contribution is -2.46. The molecule has 4 heterocycles. The summed E-state index contributed by atoms with van der Waals surface area (Å²) in [7, 11) is 0. The van der Waals surface area contributed by atoms with Crippen LogP contribution in [-0.4, -0.2) is 71.4 Å². The molecule has 194 valence electrons. The highest BCUT2D eigenvalue weighted by Crippen LogP contribution is 2.35. The van der Waals surface area contributed by atoms with Gasteiger partial charge in [-0.1, -0.05) is 0 Å². The Hall–Kier alpha value is -3.32. The summed E-state index contributed by atoms with van der Waals surface area (Å²) < 4.78 is 56.3. The van der Waals surface area contributed by atoms with E-state index in [1.807, 2.05) is 0 Å². The number of hydrogen-bond donors (Lipinski definition) is 2. The molecule has 10 nitrogen and oxygen atoms in total. The highest BCUT2D eigenvalue weighted by molar-refractivity contribution is 5.76. The van der Waals surface area contributed by atoms with Crippen molar-refractivity contribution in [3.63, 3.8) is 0 Å². The number of carbonyl (C=O) groups is 1. The zero-order valence-corrected chi connectivity index (χ0v) is 19.7. The second-order valence-electron chi connectivity index (χ2n) is 9.05. The quantitative estimate of drug-likeness (QED) is 0.593. The normalized spacial score (nSPS) is 19.0. The van der Waals surface area contributed by atoms with Gasteiger partial charge in [0.05, 0.1) is 56.8 Å². The molecule has 0 aliphatic carbocycles. The molecule has 2 amide bonds. The van der Waals surface area contributed by atoms with Gasteiger partial charge in [-0.15, -0.1) is 0 Å². The van der Waals surface area contributed by atoms with E-state index in [0.29, 0.717) is 62.2 Å². The Morgan fingerprint density at radius 1 is 1.14 bits per heavy atom. The van der Waals surface area contributed by atoms with Crippen LogP contribution in [0.3, 0.4) is 0 Å². The number of benzene rings is 1. The number of morpholine rings is 1. The highest BCUT2D eigenvalue weighted by atomic mass is 19.4. The summed E-state index contributed by atoms with van der Waals surface area (Å²) in [5, 5.41) is 3.20. The van der Waals surface area contributed by atoms with Crippen LogP contribution in [0.1, 0.15) is 35.3 Å². The maximum atomic E-state index is 13.3. The van der Waals surface area contributed by atoms with Gasteiger partial charge in [0, 0.05) is 24.3 Å². The summed E-state index contributed by atoms with van der Waals surface area (Å²) in [6.45, 7) is 5.07. The van der Waals surface area contributed by atoms with E-state index in [9.17, 15) is 18.0 Å². The fourth-order valence-electron chi connectivity index (χ4n) is 4.30. The van der Waals surface area contributed by atoms with Gasteiger partial charge in [0.25, 0.3) is 0 Å². The fraction of sp³-hybridized carbons (Fsp3) is 0.522. The molecule has 0 bridgehead atoms. The number of nitrogens with zero attached hydrogens (tertiary/aromatic N) is 4. The van der Waals surface area contributed by atoms with E-state index in [0.717, 1.165) is 12.1 Å². The average molecular weight is 509 g/mol. The van der Waals surface area contributed by atoms with Crippen molar-refractivity contribution >= 4 is 17.5 Å². The van der Waals surface area contributed by atoms with Crippen LogP contribution in [0, 0.1) is 0 Å². The number of carbonyl (C=O) groups excluding carboxylic acids is 1. The molecule has 0 radical (unpaired) electrons. The van der Waals surface area contributed by atoms with Crippen LogP contribution in [0.5, 0.6) is 6.01 Å². The van der Waals surface area contributed by atoms with Crippen molar-refractivity contribution in [2.75, 3.05) is 50.6 Å². The Morgan fingerprint density at radius 3 is 2.56 bits per heavy atom. The lowest BCUT2D eigenvalue weighted by Gasteiger charge is -2.30. The van der Waals surface area contributed by atoms with Gasteiger partial charge in [-0.3, -0.25) is 0 Å². The van der Waals surface area contributed by atoms with Crippen LogP contribution in [0.2, 0.25) is 0 Å². The number of rotatable bonds is 5. The minimum atomic E-state index is -4.52.